The van der Waals surface area contributed by atoms with Crippen molar-refractivity contribution in [2.75, 3.05) is 33.3 Å². The second kappa shape index (κ2) is 8.06. The molecule has 2 aromatic rings. The summed E-state index contributed by atoms with van der Waals surface area (Å²) in [6.07, 6.45) is 0.202. The Balaban J connectivity index is 1.39. The number of fused-ring (bicyclic) bond motifs is 1. The number of ether oxygens (including phenoxy) is 1. The van der Waals surface area contributed by atoms with Crippen LogP contribution < -0.4 is 5.32 Å². The van der Waals surface area contributed by atoms with Crippen LogP contribution in [0.25, 0.3) is 0 Å². The third-order valence-electron chi connectivity index (χ3n) is 5.13. The predicted molar refractivity (Wildman–Crippen MR) is 101 cm³/mol. The van der Waals surface area contributed by atoms with Gasteiger partial charge in [0.25, 0.3) is 0 Å². The van der Waals surface area contributed by atoms with Crippen LogP contribution in [0.3, 0.4) is 0 Å². The van der Waals surface area contributed by atoms with Crippen molar-refractivity contribution in [3.05, 3.63) is 47.6 Å². The summed E-state index contributed by atoms with van der Waals surface area (Å²) in [6, 6.07) is 11.0. The van der Waals surface area contributed by atoms with Gasteiger partial charge in [-0.1, -0.05) is 35.5 Å². The number of hydrogen-bond donors (Lipinski definition) is 1. The number of hydrogen-bond acceptors (Lipinski definition) is 6. The molecule has 2 aliphatic heterocycles. The molecule has 0 amide bonds. The molecule has 27 heavy (non-hydrogen) atoms. The van der Waals surface area contributed by atoms with E-state index in [9.17, 15) is 0 Å². The Morgan fingerprint density at radius 3 is 2.89 bits per heavy atom. The molecular formula is C19H26N6O2. The van der Waals surface area contributed by atoms with Crippen LogP contribution in [0.2, 0.25) is 0 Å². The van der Waals surface area contributed by atoms with Crippen LogP contribution in [0.1, 0.15) is 17.3 Å². The first-order valence-corrected chi connectivity index (χ1v) is 9.37. The van der Waals surface area contributed by atoms with Crippen LogP contribution in [0, 0.1) is 6.92 Å². The third-order valence-corrected chi connectivity index (χ3v) is 5.13. The van der Waals surface area contributed by atoms with Gasteiger partial charge in [0.1, 0.15) is 0 Å². The van der Waals surface area contributed by atoms with Gasteiger partial charge in [0.05, 0.1) is 25.3 Å². The van der Waals surface area contributed by atoms with E-state index in [-0.39, 0.29) is 6.10 Å². The van der Waals surface area contributed by atoms with Crippen molar-refractivity contribution in [1.29, 1.82) is 0 Å². The fraction of sp³-hybridized carbons (Fsp3) is 0.526. The van der Waals surface area contributed by atoms with E-state index in [2.05, 4.69) is 60.6 Å². The van der Waals surface area contributed by atoms with Crippen molar-refractivity contribution in [1.82, 2.24) is 25.3 Å². The molecule has 0 saturated carbocycles. The van der Waals surface area contributed by atoms with Gasteiger partial charge in [-0.05, 0) is 5.56 Å². The highest BCUT2D eigenvalue weighted by Crippen LogP contribution is 2.24. The van der Waals surface area contributed by atoms with Gasteiger partial charge >= 0.3 is 0 Å². The molecule has 1 aromatic carbocycles. The zero-order valence-corrected chi connectivity index (χ0v) is 15.8. The van der Waals surface area contributed by atoms with Gasteiger partial charge in [0.15, 0.2) is 11.8 Å². The lowest BCUT2D eigenvalue weighted by molar-refractivity contribution is -0.0502. The third kappa shape index (κ3) is 4.12. The van der Waals surface area contributed by atoms with Crippen LogP contribution in [0.15, 0.2) is 39.8 Å². The molecule has 144 valence electrons. The molecule has 3 heterocycles. The van der Waals surface area contributed by atoms with Crippen LogP contribution in [-0.2, 0) is 17.8 Å². The van der Waals surface area contributed by atoms with Crippen molar-refractivity contribution >= 4 is 5.96 Å². The number of nitrogens with one attached hydrogen (secondary N) is 1. The quantitative estimate of drug-likeness (QED) is 0.636. The van der Waals surface area contributed by atoms with Gasteiger partial charge in [-0.25, -0.2) is 0 Å². The first kappa shape index (κ1) is 17.9. The Labute approximate surface area is 159 Å². The molecule has 2 saturated heterocycles. The highest BCUT2D eigenvalue weighted by molar-refractivity contribution is 5.80. The lowest BCUT2D eigenvalue weighted by atomic mass is 10.1. The number of likely N-dealkylation sites (tertiary alicyclic amines) is 1. The first-order valence-electron chi connectivity index (χ1n) is 9.37. The van der Waals surface area contributed by atoms with Crippen molar-refractivity contribution in [2.24, 2.45) is 4.99 Å². The first-order chi connectivity index (χ1) is 13.2. The van der Waals surface area contributed by atoms with E-state index in [1.165, 1.54) is 5.56 Å². The van der Waals surface area contributed by atoms with Crippen molar-refractivity contribution in [3.8, 4) is 0 Å². The number of morpholine rings is 1. The molecular weight excluding hydrogens is 344 g/mol. The molecule has 2 aliphatic rings. The molecule has 8 heteroatoms. The van der Waals surface area contributed by atoms with Gasteiger partial charge in [0.2, 0.25) is 5.89 Å². The summed E-state index contributed by atoms with van der Waals surface area (Å²) in [7, 11) is 1.80. The summed E-state index contributed by atoms with van der Waals surface area (Å²) in [6.45, 7) is 6.68. The molecule has 2 fully saturated rings. The van der Waals surface area contributed by atoms with E-state index in [4.69, 9.17) is 9.26 Å². The average molecular weight is 370 g/mol. The zero-order chi connectivity index (χ0) is 18.6. The summed E-state index contributed by atoms with van der Waals surface area (Å²) in [4.78, 5) is 13.4. The van der Waals surface area contributed by atoms with Crippen LogP contribution >= 0.6 is 0 Å². The average Bonchev–Trinajstić information content (AvgIpc) is 3.30. The second-order valence-corrected chi connectivity index (χ2v) is 6.97. The highest BCUT2D eigenvalue weighted by Gasteiger charge is 2.41. The summed E-state index contributed by atoms with van der Waals surface area (Å²) in [5, 5.41) is 7.26. The Morgan fingerprint density at radius 1 is 1.30 bits per heavy atom. The summed E-state index contributed by atoms with van der Waals surface area (Å²) in [5.74, 6) is 2.04. The summed E-state index contributed by atoms with van der Waals surface area (Å²) in [5.41, 5.74) is 1.34. The summed E-state index contributed by atoms with van der Waals surface area (Å²) >= 11 is 0. The van der Waals surface area contributed by atoms with Gasteiger partial charge in [0, 0.05) is 40.2 Å². The number of benzene rings is 1. The zero-order valence-electron chi connectivity index (χ0n) is 15.8. The van der Waals surface area contributed by atoms with Crippen LogP contribution in [0.4, 0.5) is 0 Å². The molecule has 0 bridgehead atoms. The monoisotopic (exact) mass is 370 g/mol. The van der Waals surface area contributed by atoms with Gasteiger partial charge < -0.3 is 19.5 Å². The fourth-order valence-electron chi connectivity index (χ4n) is 3.85. The molecule has 2 unspecified atom stereocenters. The number of aryl methyl sites for hydroxylation is 1. The maximum atomic E-state index is 6.06. The molecule has 8 nitrogen and oxygen atoms in total. The number of rotatable bonds is 4. The molecule has 0 aliphatic carbocycles. The largest absolute Gasteiger partial charge is 0.373 e. The number of aliphatic imine (C=N–C) groups is 1. The van der Waals surface area contributed by atoms with Crippen molar-refractivity contribution in [3.63, 3.8) is 0 Å². The Bertz CT molecular complexity index is 778. The van der Waals surface area contributed by atoms with E-state index in [0.717, 1.165) is 38.7 Å². The maximum Gasteiger partial charge on any atom is 0.223 e. The molecule has 1 aromatic heterocycles. The number of aromatic nitrogens is 2. The van der Waals surface area contributed by atoms with E-state index in [1.807, 2.05) is 0 Å². The van der Waals surface area contributed by atoms with E-state index in [1.54, 1.807) is 14.0 Å². The fourth-order valence-corrected chi connectivity index (χ4v) is 3.85. The van der Waals surface area contributed by atoms with Gasteiger partial charge in [-0.3, -0.25) is 9.89 Å². The molecule has 4 rings (SSSR count). The normalized spacial score (nSPS) is 23.5. The van der Waals surface area contributed by atoms with Gasteiger partial charge in [-0.2, -0.15) is 4.98 Å². The minimum absolute atomic E-state index is 0.202. The number of guanidine groups is 1. The SMILES string of the molecule is CN=C(NCc1noc(C)n1)N1CC2OCCN(Cc3ccccc3)C2C1. The highest BCUT2D eigenvalue weighted by atomic mass is 16.5. The predicted octanol–water partition coefficient (Wildman–Crippen LogP) is 1.04. The van der Waals surface area contributed by atoms with Crippen molar-refractivity contribution < 1.29 is 9.26 Å². The summed E-state index contributed by atoms with van der Waals surface area (Å²) < 4.78 is 11.1. The van der Waals surface area contributed by atoms with E-state index in [0.29, 0.717) is 24.3 Å². The van der Waals surface area contributed by atoms with Gasteiger partial charge in [-0.15, -0.1) is 0 Å². The molecule has 0 radical (unpaired) electrons. The minimum atomic E-state index is 0.202. The lowest BCUT2D eigenvalue weighted by Gasteiger charge is -2.36. The van der Waals surface area contributed by atoms with E-state index < -0.39 is 0 Å². The Kier molecular flexibility index (Phi) is 5.35. The smallest absolute Gasteiger partial charge is 0.223 e. The lowest BCUT2D eigenvalue weighted by Crippen LogP contribution is -2.50. The van der Waals surface area contributed by atoms with E-state index >= 15 is 0 Å². The maximum absolute atomic E-state index is 6.06. The Morgan fingerprint density at radius 2 is 2.15 bits per heavy atom. The topological polar surface area (TPSA) is 79.0 Å². The van der Waals surface area contributed by atoms with Crippen LogP contribution in [-0.4, -0.2) is 71.3 Å². The van der Waals surface area contributed by atoms with Crippen molar-refractivity contribution in [2.45, 2.75) is 32.2 Å². The Hall–Kier alpha value is -2.45. The standard InChI is InChI=1S/C19H26N6O2/c1-14-22-18(23-27-14)10-21-19(20-2)25-12-16-17(13-25)26-9-8-24(16)11-15-6-4-3-5-7-15/h3-7,16-17H,8-13H2,1-2H3,(H,20,21). The van der Waals surface area contributed by atoms with Crippen LogP contribution in [0.5, 0.6) is 0 Å². The molecule has 2 atom stereocenters. The number of nitrogens with zero attached hydrogens (tertiary/aromatic N) is 5. The molecule has 1 N–H and O–H groups in total. The minimum Gasteiger partial charge on any atom is -0.373 e. The molecule has 0 spiro atoms. The second-order valence-electron chi connectivity index (χ2n) is 6.97.